The molecule has 104 valence electrons. The van der Waals surface area contributed by atoms with Crippen LogP contribution in [0.15, 0.2) is 17.1 Å². The molecule has 0 radical (unpaired) electrons. The summed E-state index contributed by atoms with van der Waals surface area (Å²) >= 11 is 0. The zero-order valence-corrected chi connectivity index (χ0v) is 11.0. The van der Waals surface area contributed by atoms with Gasteiger partial charge >= 0.3 is 0 Å². The first-order valence-corrected chi connectivity index (χ1v) is 6.47. The summed E-state index contributed by atoms with van der Waals surface area (Å²) in [5, 5.41) is 21.0. The Morgan fingerprint density at radius 1 is 1.35 bits per heavy atom. The Labute approximate surface area is 113 Å². The fourth-order valence-electron chi connectivity index (χ4n) is 2.05. The van der Waals surface area contributed by atoms with Gasteiger partial charge in [-0.2, -0.15) is 9.50 Å². The molecule has 3 heterocycles. The quantitative estimate of drug-likeness (QED) is 0.706. The Balaban J connectivity index is 2.23. The molecule has 0 aliphatic heterocycles. The van der Waals surface area contributed by atoms with Crippen LogP contribution in [0.4, 0.5) is 0 Å². The predicted molar refractivity (Wildman–Crippen MR) is 71.4 cm³/mol. The van der Waals surface area contributed by atoms with Gasteiger partial charge in [0.15, 0.2) is 11.3 Å². The second kappa shape index (κ2) is 4.97. The Kier molecular flexibility index (Phi) is 3.15. The maximum absolute atomic E-state index is 12.3. The van der Waals surface area contributed by atoms with Crippen molar-refractivity contribution < 1.29 is 5.11 Å². The zero-order valence-electron chi connectivity index (χ0n) is 11.0. The topological polar surface area (TPSA) is 98.2 Å². The molecule has 0 fully saturated rings. The molecule has 0 bridgehead atoms. The van der Waals surface area contributed by atoms with Crippen molar-refractivity contribution in [3.63, 3.8) is 0 Å². The maximum Gasteiger partial charge on any atom is 0.280 e. The van der Waals surface area contributed by atoms with E-state index in [0.717, 1.165) is 0 Å². The Morgan fingerprint density at radius 2 is 2.20 bits per heavy atom. The fourth-order valence-corrected chi connectivity index (χ4v) is 2.05. The van der Waals surface area contributed by atoms with Gasteiger partial charge in [-0.3, -0.25) is 4.79 Å². The van der Waals surface area contributed by atoms with E-state index in [1.54, 1.807) is 16.8 Å². The summed E-state index contributed by atoms with van der Waals surface area (Å²) in [7, 11) is 0. The molecule has 0 aliphatic rings. The fraction of sp³-hybridized carbons (Fsp3) is 0.417. The van der Waals surface area contributed by atoms with Crippen LogP contribution in [-0.4, -0.2) is 41.1 Å². The monoisotopic (exact) mass is 274 g/mol. The lowest BCUT2D eigenvalue weighted by atomic mass is 10.3. The molecule has 0 aromatic carbocycles. The summed E-state index contributed by atoms with van der Waals surface area (Å²) in [5.41, 5.74) is 0.608. The normalized spacial score (nSPS) is 11.5. The number of nitrogens with zero attached hydrogens (tertiary/aromatic N) is 6. The first kappa shape index (κ1) is 12.7. The first-order valence-electron chi connectivity index (χ1n) is 6.47. The van der Waals surface area contributed by atoms with Crippen molar-refractivity contribution in [2.75, 3.05) is 6.61 Å². The predicted octanol–water partition coefficient (Wildman–Crippen LogP) is -0.221. The summed E-state index contributed by atoms with van der Waals surface area (Å²) in [5.74, 6) is 1.05. The van der Waals surface area contributed by atoms with Crippen molar-refractivity contribution in [1.82, 2.24) is 29.4 Å². The third-order valence-electron chi connectivity index (χ3n) is 3.09. The Bertz CT molecular complexity index is 822. The van der Waals surface area contributed by atoms with Crippen LogP contribution in [-0.2, 0) is 13.0 Å². The average molecular weight is 274 g/mol. The highest BCUT2D eigenvalue weighted by molar-refractivity contribution is 5.74. The number of aliphatic hydroxyl groups excluding tert-OH is 1. The third-order valence-corrected chi connectivity index (χ3v) is 3.09. The molecule has 0 atom stereocenters. The van der Waals surface area contributed by atoms with Crippen molar-refractivity contribution in [1.29, 1.82) is 0 Å². The third kappa shape index (κ3) is 1.94. The number of aromatic nitrogens is 6. The number of hydrogen-bond acceptors (Lipinski definition) is 6. The van der Waals surface area contributed by atoms with Crippen molar-refractivity contribution in [3.05, 3.63) is 28.4 Å². The van der Waals surface area contributed by atoms with E-state index in [2.05, 4.69) is 20.3 Å². The molecule has 3 aromatic heterocycles. The molecular weight excluding hydrogens is 260 g/mol. The molecule has 0 aliphatic carbocycles. The van der Waals surface area contributed by atoms with Crippen LogP contribution in [0.5, 0.6) is 0 Å². The second-order valence-electron chi connectivity index (χ2n) is 4.42. The van der Waals surface area contributed by atoms with Crippen molar-refractivity contribution in [2.24, 2.45) is 0 Å². The van der Waals surface area contributed by atoms with Gasteiger partial charge in [-0.15, -0.1) is 15.3 Å². The minimum absolute atomic E-state index is 0.0398. The van der Waals surface area contributed by atoms with Crippen LogP contribution in [0.25, 0.3) is 16.8 Å². The van der Waals surface area contributed by atoms with Crippen LogP contribution in [0.3, 0.4) is 0 Å². The Hall–Kier alpha value is -2.35. The molecule has 0 saturated carbocycles. The minimum atomic E-state index is -0.237. The van der Waals surface area contributed by atoms with Gasteiger partial charge < -0.3 is 9.67 Å². The molecule has 20 heavy (non-hydrogen) atoms. The molecule has 0 saturated heterocycles. The van der Waals surface area contributed by atoms with E-state index in [-0.39, 0.29) is 17.7 Å². The summed E-state index contributed by atoms with van der Waals surface area (Å²) in [6, 6.07) is 1.77. The van der Waals surface area contributed by atoms with Gasteiger partial charge in [0.2, 0.25) is 0 Å². The molecule has 3 rings (SSSR count). The average Bonchev–Trinajstić information content (AvgIpc) is 2.90. The highest BCUT2D eigenvalue weighted by atomic mass is 16.3. The van der Waals surface area contributed by atoms with Crippen LogP contribution >= 0.6 is 0 Å². The van der Waals surface area contributed by atoms with Crippen molar-refractivity contribution in [2.45, 2.75) is 26.3 Å². The number of rotatable bonds is 4. The van der Waals surface area contributed by atoms with Gasteiger partial charge in [-0.25, -0.2) is 0 Å². The standard InChI is InChI=1S/C12H14N6O2/c1-2-9-13-12-15-14-10-8(18(12)16-9)4-6-17(11(10)20)5-3-7-19/h4,6,19H,2-3,5,7H2,1H3. The summed E-state index contributed by atoms with van der Waals surface area (Å²) in [6.45, 7) is 2.44. The molecule has 0 amide bonds. The van der Waals surface area contributed by atoms with Crippen LogP contribution in [0, 0.1) is 0 Å². The largest absolute Gasteiger partial charge is 0.396 e. The molecule has 8 heteroatoms. The summed E-state index contributed by atoms with van der Waals surface area (Å²) < 4.78 is 3.05. The second-order valence-corrected chi connectivity index (χ2v) is 4.42. The molecule has 3 aromatic rings. The van der Waals surface area contributed by atoms with Crippen LogP contribution in [0.2, 0.25) is 0 Å². The van der Waals surface area contributed by atoms with Crippen molar-refractivity contribution >= 4 is 16.8 Å². The van der Waals surface area contributed by atoms with Gasteiger partial charge in [0.05, 0.1) is 0 Å². The lowest BCUT2D eigenvalue weighted by molar-refractivity contribution is 0.279. The number of pyridine rings is 1. The van der Waals surface area contributed by atoms with Gasteiger partial charge in [0.1, 0.15) is 5.52 Å². The number of hydrogen-bond donors (Lipinski definition) is 1. The van der Waals surface area contributed by atoms with E-state index < -0.39 is 0 Å². The van der Waals surface area contributed by atoms with Crippen molar-refractivity contribution in [3.8, 4) is 0 Å². The number of aryl methyl sites for hydroxylation is 2. The van der Waals surface area contributed by atoms with Gasteiger partial charge in [-0.1, -0.05) is 6.92 Å². The van der Waals surface area contributed by atoms with E-state index >= 15 is 0 Å². The number of fused-ring (bicyclic) bond motifs is 3. The zero-order chi connectivity index (χ0) is 14.1. The highest BCUT2D eigenvalue weighted by Gasteiger charge is 2.11. The van der Waals surface area contributed by atoms with Crippen LogP contribution in [0.1, 0.15) is 19.2 Å². The van der Waals surface area contributed by atoms with E-state index in [9.17, 15) is 4.79 Å². The van der Waals surface area contributed by atoms with Gasteiger partial charge in [-0.05, 0) is 12.5 Å². The van der Waals surface area contributed by atoms with Gasteiger partial charge in [0.25, 0.3) is 11.3 Å². The lowest BCUT2D eigenvalue weighted by Gasteiger charge is -2.05. The van der Waals surface area contributed by atoms with E-state index in [1.165, 1.54) is 4.57 Å². The van der Waals surface area contributed by atoms with Crippen LogP contribution < -0.4 is 5.56 Å². The van der Waals surface area contributed by atoms with E-state index in [1.807, 2.05) is 6.92 Å². The smallest absolute Gasteiger partial charge is 0.280 e. The molecule has 0 unspecified atom stereocenters. The van der Waals surface area contributed by atoms with Gasteiger partial charge in [0, 0.05) is 25.8 Å². The van der Waals surface area contributed by atoms with E-state index in [0.29, 0.717) is 36.5 Å². The SMILES string of the molecule is CCc1nc2nnc3c(=O)n(CCCO)ccc3n2n1. The molecule has 0 spiro atoms. The molecular formula is C12H14N6O2. The summed E-state index contributed by atoms with van der Waals surface area (Å²) in [4.78, 5) is 16.5. The number of aliphatic hydroxyl groups is 1. The van der Waals surface area contributed by atoms with E-state index in [4.69, 9.17) is 5.11 Å². The maximum atomic E-state index is 12.3. The first-order chi connectivity index (χ1) is 9.74. The lowest BCUT2D eigenvalue weighted by Crippen LogP contribution is -2.22. The minimum Gasteiger partial charge on any atom is -0.396 e. The molecule has 1 N–H and O–H groups in total. The molecule has 8 nitrogen and oxygen atoms in total. The Morgan fingerprint density at radius 3 is 2.95 bits per heavy atom. The summed E-state index contributed by atoms with van der Waals surface area (Å²) in [6.07, 6.45) is 2.89. The highest BCUT2D eigenvalue weighted by Crippen LogP contribution is 2.08.